The van der Waals surface area contributed by atoms with Crippen molar-refractivity contribution in [2.24, 2.45) is 0 Å². The van der Waals surface area contributed by atoms with E-state index >= 15 is 0 Å². The van der Waals surface area contributed by atoms with Crippen molar-refractivity contribution in [2.45, 2.75) is 31.8 Å². The molecule has 0 amide bonds. The van der Waals surface area contributed by atoms with Gasteiger partial charge in [0.15, 0.2) is 0 Å². The van der Waals surface area contributed by atoms with Gasteiger partial charge in [-0.1, -0.05) is 0 Å². The molecule has 0 saturated carbocycles. The van der Waals surface area contributed by atoms with E-state index in [2.05, 4.69) is 24.5 Å². The topological polar surface area (TPSA) is 44.3 Å². The molecule has 1 unspecified atom stereocenters. The molecule has 1 heterocycles. The molecule has 0 aliphatic carbocycles. The van der Waals surface area contributed by atoms with Gasteiger partial charge in [0.2, 0.25) is 0 Å². The van der Waals surface area contributed by atoms with E-state index in [-0.39, 0.29) is 12.1 Å². The van der Waals surface area contributed by atoms with Gasteiger partial charge >= 0.3 is 0 Å². The molecule has 0 radical (unpaired) electrons. The smallest absolute Gasteiger partial charge is 0.0446 e. The van der Waals surface area contributed by atoms with Crippen LogP contribution in [0.2, 0.25) is 0 Å². The highest BCUT2D eigenvalue weighted by Gasteiger charge is 2.24. The fourth-order valence-corrected chi connectivity index (χ4v) is 1.29. The summed E-state index contributed by atoms with van der Waals surface area (Å²) >= 11 is 0. The van der Waals surface area contributed by atoms with Crippen LogP contribution in [0.1, 0.15) is 20.3 Å². The molecule has 3 N–H and O–H groups in total. The predicted octanol–water partition coefficient (Wildman–Crippen LogP) is -0.291. The van der Waals surface area contributed by atoms with E-state index in [1.807, 2.05) is 0 Å². The summed E-state index contributed by atoms with van der Waals surface area (Å²) in [5.41, 5.74) is 0.214. The van der Waals surface area contributed by atoms with E-state index in [1.165, 1.54) is 0 Å². The minimum atomic E-state index is 0.214. The number of hydrogen-bond donors (Lipinski definition) is 3. The molecule has 1 atom stereocenters. The largest absolute Gasteiger partial charge is 0.396 e. The lowest BCUT2D eigenvalue weighted by atomic mass is 10.00. The molecule has 1 rings (SSSR count). The Hall–Kier alpha value is -0.120. The minimum Gasteiger partial charge on any atom is -0.396 e. The van der Waals surface area contributed by atoms with Gasteiger partial charge in [0, 0.05) is 31.3 Å². The van der Waals surface area contributed by atoms with E-state index < -0.39 is 0 Å². The van der Waals surface area contributed by atoms with Gasteiger partial charge < -0.3 is 15.7 Å². The molecule has 1 fully saturated rings. The zero-order valence-electron chi connectivity index (χ0n) is 7.35. The maximum Gasteiger partial charge on any atom is 0.0446 e. The highest BCUT2D eigenvalue weighted by Crippen LogP contribution is 2.06. The van der Waals surface area contributed by atoms with Crippen LogP contribution in [-0.4, -0.2) is 36.4 Å². The number of nitrogens with one attached hydrogen (secondary N) is 2. The number of aliphatic hydroxyl groups excluding tert-OH is 1. The molecular formula is C8H18N2O. The lowest BCUT2D eigenvalue weighted by molar-refractivity contribution is 0.219. The summed E-state index contributed by atoms with van der Waals surface area (Å²) < 4.78 is 0. The van der Waals surface area contributed by atoms with E-state index in [1.54, 1.807) is 0 Å². The highest BCUT2D eigenvalue weighted by molar-refractivity contribution is 4.89. The molecule has 3 heteroatoms. The number of hydrogen-bond acceptors (Lipinski definition) is 3. The molecule has 1 aliphatic rings. The maximum atomic E-state index is 8.68. The van der Waals surface area contributed by atoms with Crippen molar-refractivity contribution in [2.75, 3.05) is 19.7 Å². The Balaban J connectivity index is 2.25. The first kappa shape index (κ1) is 8.97. The molecule has 0 aromatic carbocycles. The third-order valence-electron chi connectivity index (χ3n) is 2.14. The molecule has 11 heavy (non-hydrogen) atoms. The summed E-state index contributed by atoms with van der Waals surface area (Å²) in [6.07, 6.45) is 0.850. The van der Waals surface area contributed by atoms with Crippen molar-refractivity contribution >= 4 is 0 Å². The van der Waals surface area contributed by atoms with Gasteiger partial charge in [0.1, 0.15) is 0 Å². The van der Waals surface area contributed by atoms with Crippen LogP contribution in [0.5, 0.6) is 0 Å². The van der Waals surface area contributed by atoms with E-state index in [9.17, 15) is 0 Å². The van der Waals surface area contributed by atoms with Crippen molar-refractivity contribution < 1.29 is 5.11 Å². The van der Waals surface area contributed by atoms with Crippen LogP contribution < -0.4 is 10.6 Å². The van der Waals surface area contributed by atoms with Gasteiger partial charge in [-0.15, -0.1) is 0 Å². The molecule has 0 spiro atoms. The van der Waals surface area contributed by atoms with Gasteiger partial charge in [0.05, 0.1) is 0 Å². The predicted molar refractivity (Wildman–Crippen MR) is 45.6 cm³/mol. The van der Waals surface area contributed by atoms with Gasteiger partial charge in [-0.3, -0.25) is 0 Å². The van der Waals surface area contributed by atoms with Crippen LogP contribution >= 0.6 is 0 Å². The third kappa shape index (κ3) is 2.77. The monoisotopic (exact) mass is 158 g/mol. The fourth-order valence-electron chi connectivity index (χ4n) is 1.29. The summed E-state index contributed by atoms with van der Waals surface area (Å²) in [5.74, 6) is 0. The van der Waals surface area contributed by atoms with Crippen molar-refractivity contribution in [3.8, 4) is 0 Å². The van der Waals surface area contributed by atoms with Crippen molar-refractivity contribution in [3.05, 3.63) is 0 Å². The van der Waals surface area contributed by atoms with Crippen LogP contribution in [0.25, 0.3) is 0 Å². The summed E-state index contributed by atoms with van der Waals surface area (Å²) in [7, 11) is 0. The van der Waals surface area contributed by atoms with Crippen LogP contribution in [-0.2, 0) is 0 Å². The van der Waals surface area contributed by atoms with Gasteiger partial charge in [-0.05, 0) is 20.3 Å². The normalized spacial score (nSPS) is 30.3. The first-order valence-electron chi connectivity index (χ1n) is 4.23. The van der Waals surface area contributed by atoms with Gasteiger partial charge in [0.25, 0.3) is 0 Å². The molecule has 0 aromatic heterocycles. The minimum absolute atomic E-state index is 0.214. The van der Waals surface area contributed by atoms with Crippen molar-refractivity contribution in [1.29, 1.82) is 0 Å². The fraction of sp³-hybridized carbons (Fsp3) is 1.00. The Kier molecular flexibility index (Phi) is 2.87. The lowest BCUT2D eigenvalue weighted by Crippen LogP contribution is -2.60. The summed E-state index contributed by atoms with van der Waals surface area (Å²) in [4.78, 5) is 0. The first-order chi connectivity index (χ1) is 5.14. The number of piperazine rings is 1. The van der Waals surface area contributed by atoms with Crippen molar-refractivity contribution in [1.82, 2.24) is 10.6 Å². The van der Waals surface area contributed by atoms with Crippen molar-refractivity contribution in [3.63, 3.8) is 0 Å². The summed E-state index contributed by atoms with van der Waals surface area (Å²) in [5, 5.41) is 15.5. The average Bonchev–Trinajstić information content (AvgIpc) is 1.94. The van der Waals surface area contributed by atoms with Gasteiger partial charge in [-0.2, -0.15) is 0 Å². The molecule has 0 aromatic rings. The lowest BCUT2D eigenvalue weighted by Gasteiger charge is -2.36. The molecule has 1 aliphatic heterocycles. The Bertz CT molecular complexity index is 115. The quantitative estimate of drug-likeness (QED) is 0.517. The first-order valence-corrected chi connectivity index (χ1v) is 4.23. The van der Waals surface area contributed by atoms with Crippen LogP contribution in [0.15, 0.2) is 0 Å². The summed E-state index contributed by atoms with van der Waals surface area (Å²) in [6.45, 7) is 6.58. The second-order valence-corrected chi connectivity index (χ2v) is 3.85. The maximum absolute atomic E-state index is 8.68. The SMILES string of the molecule is CC1(C)CNC(CCO)CN1. The standard InChI is InChI=1S/C8H18N2O/c1-8(2)6-9-7(3-4-11)5-10-8/h7,9-11H,3-6H2,1-2H3. The van der Waals surface area contributed by atoms with Crippen LogP contribution in [0.4, 0.5) is 0 Å². The zero-order chi connectivity index (χ0) is 8.32. The third-order valence-corrected chi connectivity index (χ3v) is 2.14. The van der Waals surface area contributed by atoms with Crippen LogP contribution in [0, 0.1) is 0 Å². The molecule has 3 nitrogen and oxygen atoms in total. The highest BCUT2D eigenvalue weighted by atomic mass is 16.3. The van der Waals surface area contributed by atoms with Crippen LogP contribution in [0.3, 0.4) is 0 Å². The number of rotatable bonds is 2. The van der Waals surface area contributed by atoms with Gasteiger partial charge in [-0.25, -0.2) is 0 Å². The number of aliphatic hydroxyl groups is 1. The van der Waals surface area contributed by atoms with E-state index in [0.717, 1.165) is 19.5 Å². The Morgan fingerprint density at radius 3 is 2.73 bits per heavy atom. The molecule has 1 saturated heterocycles. The zero-order valence-corrected chi connectivity index (χ0v) is 7.35. The molecular weight excluding hydrogens is 140 g/mol. The van der Waals surface area contributed by atoms with E-state index in [4.69, 9.17) is 5.11 Å². The second-order valence-electron chi connectivity index (χ2n) is 3.85. The summed E-state index contributed by atoms with van der Waals surface area (Å²) in [6, 6.07) is 0.452. The molecule has 66 valence electrons. The Morgan fingerprint density at radius 1 is 1.55 bits per heavy atom. The second kappa shape index (κ2) is 3.52. The average molecular weight is 158 g/mol. The Morgan fingerprint density at radius 2 is 2.27 bits per heavy atom. The van der Waals surface area contributed by atoms with E-state index in [0.29, 0.717) is 6.04 Å². The Labute approximate surface area is 68.2 Å². The molecule has 0 bridgehead atoms.